The van der Waals surface area contributed by atoms with Gasteiger partial charge in [0, 0.05) is 5.57 Å². The summed E-state index contributed by atoms with van der Waals surface area (Å²) in [6, 6.07) is 0. The van der Waals surface area contributed by atoms with Crippen LogP contribution in [0.4, 0.5) is 0 Å². The Balaban J connectivity index is 3.69. The molecule has 0 saturated heterocycles. The average molecular weight is 192 g/mol. The molecule has 0 aromatic carbocycles. The molecular formula is C6H8O5S. The van der Waals surface area contributed by atoms with Crippen molar-refractivity contribution in [3.05, 3.63) is 12.2 Å². The minimum atomic E-state index is -1.21. The molecule has 0 unspecified atom stereocenters. The van der Waals surface area contributed by atoms with E-state index in [0.717, 1.165) is 0 Å². The summed E-state index contributed by atoms with van der Waals surface area (Å²) in [6.07, 6.45) is -0.342. The first-order chi connectivity index (χ1) is 5.57. The topological polar surface area (TPSA) is 72.8 Å². The lowest BCUT2D eigenvalue weighted by Crippen LogP contribution is -2.06. The minimum Gasteiger partial charge on any atom is -0.478 e. The molecule has 0 saturated carbocycles. The van der Waals surface area contributed by atoms with E-state index in [-0.39, 0.29) is 12.0 Å². The minimum absolute atomic E-state index is 0.211. The summed E-state index contributed by atoms with van der Waals surface area (Å²) in [5, 5.41) is 8.31. The molecule has 0 spiro atoms. The van der Waals surface area contributed by atoms with Crippen molar-refractivity contribution in [1.29, 1.82) is 0 Å². The van der Waals surface area contributed by atoms with Crippen LogP contribution in [0.15, 0.2) is 12.2 Å². The van der Waals surface area contributed by atoms with Crippen molar-refractivity contribution in [2.75, 3.05) is 7.11 Å². The summed E-state index contributed by atoms with van der Waals surface area (Å²) >= 11 is 0.486. The Morgan fingerprint density at radius 3 is 2.58 bits per heavy atom. The van der Waals surface area contributed by atoms with Gasteiger partial charge < -0.3 is 9.29 Å². The summed E-state index contributed by atoms with van der Waals surface area (Å²) < 4.78 is 8.69. The van der Waals surface area contributed by atoms with Gasteiger partial charge in [0.15, 0.2) is 0 Å². The number of rotatable bonds is 5. The third-order valence-electron chi connectivity index (χ3n) is 0.855. The highest BCUT2D eigenvalue weighted by Crippen LogP contribution is 2.07. The monoisotopic (exact) mass is 192 g/mol. The fourth-order valence-corrected chi connectivity index (χ4v) is 0.554. The van der Waals surface area contributed by atoms with Crippen molar-refractivity contribution in [1.82, 2.24) is 0 Å². The third kappa shape index (κ3) is 4.75. The van der Waals surface area contributed by atoms with Crippen LogP contribution in [0.1, 0.15) is 6.42 Å². The number of carbonyl (C=O) groups is 2. The van der Waals surface area contributed by atoms with Crippen molar-refractivity contribution >= 4 is 24.3 Å². The fraction of sp³-hybridized carbons (Fsp3) is 0.333. The predicted molar refractivity (Wildman–Crippen MR) is 42.1 cm³/mol. The molecule has 12 heavy (non-hydrogen) atoms. The molecule has 0 aliphatic heterocycles. The second-order valence-corrected chi connectivity index (χ2v) is 2.41. The molecule has 0 atom stereocenters. The summed E-state index contributed by atoms with van der Waals surface area (Å²) in [5.41, 5.74) is -0.211. The summed E-state index contributed by atoms with van der Waals surface area (Å²) in [4.78, 5) is 20.8. The zero-order valence-electron chi connectivity index (χ0n) is 6.40. The molecular weight excluding hydrogens is 184 g/mol. The maximum Gasteiger partial charge on any atom is 0.331 e. The van der Waals surface area contributed by atoms with Crippen molar-refractivity contribution in [3.8, 4) is 0 Å². The van der Waals surface area contributed by atoms with Crippen molar-refractivity contribution in [3.63, 3.8) is 0 Å². The van der Waals surface area contributed by atoms with E-state index in [0.29, 0.717) is 12.3 Å². The Morgan fingerprint density at radius 1 is 1.58 bits per heavy atom. The van der Waals surface area contributed by atoms with Crippen LogP contribution >= 0.6 is 12.3 Å². The number of aliphatic carboxylic acids is 1. The Kier molecular flexibility index (Phi) is 5.14. The normalized spacial score (nSPS) is 9.08. The number of carboxylic acid groups (broad SMARTS) is 1. The van der Waals surface area contributed by atoms with E-state index in [9.17, 15) is 9.59 Å². The number of hydrogen-bond acceptors (Lipinski definition) is 5. The Bertz CT molecular complexity index is 200. The fourth-order valence-electron chi connectivity index (χ4n) is 0.351. The summed E-state index contributed by atoms with van der Waals surface area (Å²) in [5.74, 6) is -1.91. The molecule has 0 radical (unpaired) electrons. The second-order valence-electron chi connectivity index (χ2n) is 1.78. The highest BCUT2D eigenvalue weighted by molar-refractivity contribution is 7.90. The van der Waals surface area contributed by atoms with E-state index in [2.05, 4.69) is 14.9 Å². The van der Waals surface area contributed by atoms with Crippen LogP contribution in [0.5, 0.6) is 0 Å². The summed E-state index contributed by atoms with van der Waals surface area (Å²) in [6.45, 7) is 3.15. The largest absolute Gasteiger partial charge is 0.478 e. The molecule has 0 rings (SSSR count). The standard InChI is InChI=1S/C6H8O5S/c1-4(6(8)9)3-5(7)11-12-10-2/h1,3H2,2H3,(H,8,9). The SMILES string of the molecule is C=C(CC(=O)OSOC)C(=O)O. The van der Waals surface area contributed by atoms with Crippen LogP contribution in [0.2, 0.25) is 0 Å². The average Bonchev–Trinajstić information content (AvgIpc) is 2.00. The van der Waals surface area contributed by atoms with Gasteiger partial charge in [-0.05, 0) is 0 Å². The Morgan fingerprint density at radius 2 is 2.17 bits per heavy atom. The lowest BCUT2D eigenvalue weighted by Gasteiger charge is -1.98. The zero-order chi connectivity index (χ0) is 9.56. The quantitative estimate of drug-likeness (QED) is 0.512. The van der Waals surface area contributed by atoms with Gasteiger partial charge in [-0.1, -0.05) is 6.58 Å². The van der Waals surface area contributed by atoms with E-state index >= 15 is 0 Å². The number of hydrogen-bond donors (Lipinski definition) is 1. The highest BCUT2D eigenvalue weighted by Gasteiger charge is 2.11. The van der Waals surface area contributed by atoms with Gasteiger partial charge in [0.2, 0.25) is 12.3 Å². The van der Waals surface area contributed by atoms with Crippen LogP contribution in [0.25, 0.3) is 0 Å². The van der Waals surface area contributed by atoms with Gasteiger partial charge >= 0.3 is 11.9 Å². The van der Waals surface area contributed by atoms with Crippen LogP contribution in [0.3, 0.4) is 0 Å². The van der Waals surface area contributed by atoms with Crippen molar-refractivity contribution in [2.45, 2.75) is 6.42 Å². The van der Waals surface area contributed by atoms with E-state index in [4.69, 9.17) is 5.11 Å². The molecule has 0 fully saturated rings. The van der Waals surface area contributed by atoms with Gasteiger partial charge in [0.1, 0.15) is 0 Å². The van der Waals surface area contributed by atoms with E-state index in [1.165, 1.54) is 7.11 Å². The molecule has 0 aromatic heterocycles. The van der Waals surface area contributed by atoms with Crippen LogP contribution in [-0.4, -0.2) is 24.2 Å². The first-order valence-electron chi connectivity index (χ1n) is 2.89. The molecule has 5 nitrogen and oxygen atoms in total. The lowest BCUT2D eigenvalue weighted by atomic mass is 10.2. The Hall–Kier alpha value is -1.01. The Labute approximate surface area is 73.8 Å². The first kappa shape index (κ1) is 11.0. The molecule has 68 valence electrons. The molecule has 0 aliphatic carbocycles. The van der Waals surface area contributed by atoms with Gasteiger partial charge in [-0.3, -0.25) is 8.98 Å². The molecule has 0 amide bonds. The number of carboxylic acids is 1. The van der Waals surface area contributed by atoms with Crippen molar-refractivity contribution in [2.24, 2.45) is 0 Å². The lowest BCUT2D eigenvalue weighted by molar-refractivity contribution is -0.137. The number of carbonyl (C=O) groups excluding carboxylic acids is 1. The van der Waals surface area contributed by atoms with Gasteiger partial charge in [0.05, 0.1) is 13.5 Å². The van der Waals surface area contributed by atoms with Crippen molar-refractivity contribution < 1.29 is 23.1 Å². The summed E-state index contributed by atoms with van der Waals surface area (Å²) in [7, 11) is 1.32. The third-order valence-corrected chi connectivity index (χ3v) is 1.25. The second kappa shape index (κ2) is 5.62. The van der Waals surface area contributed by atoms with Crippen LogP contribution in [0, 0.1) is 0 Å². The maximum atomic E-state index is 10.7. The van der Waals surface area contributed by atoms with Gasteiger partial charge in [0.25, 0.3) is 0 Å². The van der Waals surface area contributed by atoms with Gasteiger partial charge in [-0.15, -0.1) is 0 Å². The predicted octanol–water partition coefficient (Wildman–Crippen LogP) is 0.770. The maximum absolute atomic E-state index is 10.7. The molecule has 1 N–H and O–H groups in total. The molecule has 0 aromatic rings. The molecule has 0 bridgehead atoms. The first-order valence-corrected chi connectivity index (χ1v) is 3.55. The van der Waals surface area contributed by atoms with Gasteiger partial charge in [-0.25, -0.2) is 4.79 Å². The van der Waals surface area contributed by atoms with E-state index < -0.39 is 11.9 Å². The van der Waals surface area contributed by atoms with Gasteiger partial charge in [-0.2, -0.15) is 0 Å². The van der Waals surface area contributed by atoms with Crippen LogP contribution in [-0.2, 0) is 18.0 Å². The molecule has 0 aliphatic rings. The van der Waals surface area contributed by atoms with E-state index in [1.807, 2.05) is 0 Å². The molecule has 6 heteroatoms. The van der Waals surface area contributed by atoms with Crippen LogP contribution < -0.4 is 0 Å². The molecule has 0 heterocycles. The zero-order valence-corrected chi connectivity index (χ0v) is 7.22. The smallest absolute Gasteiger partial charge is 0.331 e. The van der Waals surface area contributed by atoms with E-state index in [1.54, 1.807) is 0 Å². The highest BCUT2D eigenvalue weighted by atomic mass is 32.2.